The fourth-order valence-electron chi connectivity index (χ4n) is 2.32. The minimum Gasteiger partial charge on any atom is -0.381 e. The van der Waals surface area contributed by atoms with Crippen LogP contribution in [0.5, 0.6) is 0 Å². The van der Waals surface area contributed by atoms with Crippen molar-refractivity contribution in [3.8, 4) is 0 Å². The van der Waals surface area contributed by atoms with Crippen molar-refractivity contribution in [3.63, 3.8) is 0 Å². The first kappa shape index (κ1) is 17.0. The standard InChI is InChI=1S/C16H34O/c1-4-6-8-9-10-11-12-13-15-16(17-3)14-7-5-2/h16H,4-15H2,1-3H3. The molecule has 0 heterocycles. The molecule has 0 saturated heterocycles. The average molecular weight is 242 g/mol. The monoisotopic (exact) mass is 242 g/mol. The second-order valence-corrected chi connectivity index (χ2v) is 5.26. The van der Waals surface area contributed by atoms with Gasteiger partial charge in [-0.1, -0.05) is 78.1 Å². The van der Waals surface area contributed by atoms with Crippen LogP contribution in [0.15, 0.2) is 0 Å². The molecular formula is C16H34O. The van der Waals surface area contributed by atoms with E-state index in [0.29, 0.717) is 6.10 Å². The van der Waals surface area contributed by atoms with Crippen LogP contribution in [0.2, 0.25) is 0 Å². The van der Waals surface area contributed by atoms with Gasteiger partial charge in [0.1, 0.15) is 0 Å². The van der Waals surface area contributed by atoms with E-state index in [-0.39, 0.29) is 0 Å². The molecule has 0 aromatic rings. The van der Waals surface area contributed by atoms with Crippen molar-refractivity contribution < 1.29 is 4.74 Å². The van der Waals surface area contributed by atoms with Gasteiger partial charge in [0.05, 0.1) is 6.10 Å². The molecule has 1 nitrogen and oxygen atoms in total. The van der Waals surface area contributed by atoms with Crippen LogP contribution in [0, 0.1) is 0 Å². The summed E-state index contributed by atoms with van der Waals surface area (Å²) in [5.74, 6) is 0. The van der Waals surface area contributed by atoms with Crippen LogP contribution in [0.25, 0.3) is 0 Å². The summed E-state index contributed by atoms with van der Waals surface area (Å²) in [5, 5.41) is 0. The molecule has 0 fully saturated rings. The third-order valence-electron chi connectivity index (χ3n) is 3.59. The molecule has 0 rings (SSSR count). The third kappa shape index (κ3) is 12.2. The van der Waals surface area contributed by atoms with Crippen molar-refractivity contribution in [3.05, 3.63) is 0 Å². The van der Waals surface area contributed by atoms with Crippen LogP contribution in [-0.2, 0) is 4.74 Å². The van der Waals surface area contributed by atoms with Gasteiger partial charge in [0, 0.05) is 7.11 Å². The average Bonchev–Trinajstić information content (AvgIpc) is 2.36. The summed E-state index contributed by atoms with van der Waals surface area (Å²) in [6.45, 7) is 4.53. The van der Waals surface area contributed by atoms with Gasteiger partial charge >= 0.3 is 0 Å². The summed E-state index contributed by atoms with van der Waals surface area (Å²) < 4.78 is 5.51. The van der Waals surface area contributed by atoms with Gasteiger partial charge in [-0.2, -0.15) is 0 Å². The molecule has 0 N–H and O–H groups in total. The van der Waals surface area contributed by atoms with Gasteiger partial charge in [-0.25, -0.2) is 0 Å². The predicted octanol–water partition coefficient (Wildman–Crippen LogP) is 5.72. The summed E-state index contributed by atoms with van der Waals surface area (Å²) in [6.07, 6.45) is 16.9. The summed E-state index contributed by atoms with van der Waals surface area (Å²) in [7, 11) is 1.87. The van der Waals surface area contributed by atoms with Crippen molar-refractivity contribution in [1.82, 2.24) is 0 Å². The summed E-state index contributed by atoms with van der Waals surface area (Å²) in [4.78, 5) is 0. The van der Waals surface area contributed by atoms with E-state index in [0.717, 1.165) is 0 Å². The van der Waals surface area contributed by atoms with Crippen LogP contribution in [0.4, 0.5) is 0 Å². The number of hydrogen-bond acceptors (Lipinski definition) is 1. The fraction of sp³-hybridized carbons (Fsp3) is 1.00. The van der Waals surface area contributed by atoms with E-state index in [1.54, 1.807) is 0 Å². The molecule has 0 aliphatic carbocycles. The van der Waals surface area contributed by atoms with Crippen molar-refractivity contribution in [1.29, 1.82) is 0 Å². The topological polar surface area (TPSA) is 9.23 Å². The summed E-state index contributed by atoms with van der Waals surface area (Å²) in [6, 6.07) is 0. The highest BCUT2D eigenvalue weighted by atomic mass is 16.5. The Bertz CT molecular complexity index is 133. The van der Waals surface area contributed by atoms with Crippen LogP contribution in [0.1, 0.15) is 90.9 Å². The Balaban J connectivity index is 3.19. The zero-order valence-corrected chi connectivity index (χ0v) is 12.5. The van der Waals surface area contributed by atoms with Gasteiger partial charge in [-0.15, -0.1) is 0 Å². The first-order valence-electron chi connectivity index (χ1n) is 7.87. The maximum absolute atomic E-state index is 5.51. The van der Waals surface area contributed by atoms with Crippen molar-refractivity contribution in [2.75, 3.05) is 7.11 Å². The van der Waals surface area contributed by atoms with Gasteiger partial charge in [0.15, 0.2) is 0 Å². The predicted molar refractivity (Wildman–Crippen MR) is 77.5 cm³/mol. The highest BCUT2D eigenvalue weighted by molar-refractivity contribution is 4.58. The lowest BCUT2D eigenvalue weighted by Gasteiger charge is -2.14. The van der Waals surface area contributed by atoms with Gasteiger partial charge in [0.25, 0.3) is 0 Å². The number of methoxy groups -OCH3 is 1. The number of hydrogen-bond donors (Lipinski definition) is 0. The molecule has 0 bridgehead atoms. The minimum atomic E-state index is 0.523. The SMILES string of the molecule is CCCCCCCCCCC(CCCC)OC. The lowest BCUT2D eigenvalue weighted by atomic mass is 10.0. The van der Waals surface area contributed by atoms with Gasteiger partial charge in [0.2, 0.25) is 0 Å². The molecule has 0 aromatic heterocycles. The minimum absolute atomic E-state index is 0.523. The van der Waals surface area contributed by atoms with Crippen molar-refractivity contribution in [2.24, 2.45) is 0 Å². The van der Waals surface area contributed by atoms with Crippen LogP contribution in [-0.4, -0.2) is 13.2 Å². The Hall–Kier alpha value is -0.0400. The third-order valence-corrected chi connectivity index (χ3v) is 3.59. The molecule has 1 atom stereocenters. The normalized spacial score (nSPS) is 12.9. The Morgan fingerprint density at radius 3 is 1.65 bits per heavy atom. The molecule has 0 aliphatic rings. The molecular weight excluding hydrogens is 208 g/mol. The van der Waals surface area contributed by atoms with E-state index in [1.807, 2.05) is 7.11 Å². The number of rotatable bonds is 13. The highest BCUT2D eigenvalue weighted by Crippen LogP contribution is 2.14. The van der Waals surface area contributed by atoms with Gasteiger partial charge in [-0.3, -0.25) is 0 Å². The largest absolute Gasteiger partial charge is 0.381 e. The van der Waals surface area contributed by atoms with E-state index in [2.05, 4.69) is 13.8 Å². The van der Waals surface area contributed by atoms with E-state index >= 15 is 0 Å². The molecule has 0 saturated carbocycles. The second kappa shape index (κ2) is 14.0. The second-order valence-electron chi connectivity index (χ2n) is 5.26. The number of unbranched alkanes of at least 4 members (excludes halogenated alkanes) is 8. The van der Waals surface area contributed by atoms with Crippen molar-refractivity contribution >= 4 is 0 Å². The van der Waals surface area contributed by atoms with Gasteiger partial charge < -0.3 is 4.74 Å². The van der Waals surface area contributed by atoms with E-state index < -0.39 is 0 Å². The maximum atomic E-state index is 5.51. The Morgan fingerprint density at radius 2 is 1.12 bits per heavy atom. The summed E-state index contributed by atoms with van der Waals surface area (Å²) >= 11 is 0. The van der Waals surface area contributed by atoms with E-state index in [1.165, 1.54) is 77.0 Å². The molecule has 1 unspecified atom stereocenters. The quantitative estimate of drug-likeness (QED) is 0.375. The first-order valence-corrected chi connectivity index (χ1v) is 7.87. The number of ether oxygens (including phenoxy) is 1. The van der Waals surface area contributed by atoms with Crippen LogP contribution < -0.4 is 0 Å². The molecule has 0 radical (unpaired) electrons. The summed E-state index contributed by atoms with van der Waals surface area (Å²) in [5.41, 5.74) is 0. The smallest absolute Gasteiger partial charge is 0.0571 e. The first-order chi connectivity index (χ1) is 8.35. The van der Waals surface area contributed by atoms with Crippen molar-refractivity contribution in [2.45, 2.75) is 97.0 Å². The van der Waals surface area contributed by atoms with E-state index in [4.69, 9.17) is 4.74 Å². The Labute approximate surface area is 109 Å². The zero-order valence-electron chi connectivity index (χ0n) is 12.5. The van der Waals surface area contributed by atoms with Crippen LogP contribution >= 0.6 is 0 Å². The molecule has 0 spiro atoms. The molecule has 0 aliphatic heterocycles. The zero-order chi connectivity index (χ0) is 12.8. The maximum Gasteiger partial charge on any atom is 0.0571 e. The molecule has 1 heteroatoms. The lowest BCUT2D eigenvalue weighted by Crippen LogP contribution is -2.09. The molecule has 0 aromatic carbocycles. The lowest BCUT2D eigenvalue weighted by molar-refractivity contribution is 0.0836. The molecule has 0 amide bonds. The molecule has 104 valence electrons. The Morgan fingerprint density at radius 1 is 0.647 bits per heavy atom. The highest BCUT2D eigenvalue weighted by Gasteiger charge is 2.05. The molecule has 17 heavy (non-hydrogen) atoms. The van der Waals surface area contributed by atoms with Crippen LogP contribution in [0.3, 0.4) is 0 Å². The fourth-order valence-corrected chi connectivity index (χ4v) is 2.32. The van der Waals surface area contributed by atoms with Gasteiger partial charge in [-0.05, 0) is 12.8 Å². The Kier molecular flexibility index (Phi) is 14.0. The van der Waals surface area contributed by atoms with E-state index in [9.17, 15) is 0 Å².